The molecule has 0 unspecified atom stereocenters. The third-order valence-electron chi connectivity index (χ3n) is 0.667. The second-order valence-electron chi connectivity index (χ2n) is 1.22. The van der Waals surface area contributed by atoms with E-state index in [0.717, 1.165) is 0 Å². The summed E-state index contributed by atoms with van der Waals surface area (Å²) in [4.78, 5) is 10.2. The van der Waals surface area contributed by atoms with Crippen molar-refractivity contribution < 1.29 is 4.79 Å². The van der Waals surface area contributed by atoms with E-state index in [2.05, 4.69) is 15.4 Å². The fourth-order valence-electron chi connectivity index (χ4n) is 0.320. The molecule has 0 aliphatic heterocycles. The maximum atomic E-state index is 10.2. The van der Waals surface area contributed by atoms with Crippen molar-refractivity contribution in [3.63, 3.8) is 0 Å². The number of amides is 1. The number of primary amides is 1. The van der Waals surface area contributed by atoms with Gasteiger partial charge in [0, 0.05) is 18.0 Å². The van der Waals surface area contributed by atoms with Crippen LogP contribution in [0.4, 0.5) is 0 Å². The van der Waals surface area contributed by atoms with E-state index < -0.39 is 5.91 Å². The number of nitrogens with two attached hydrogens (primary N) is 1. The van der Waals surface area contributed by atoms with Crippen LogP contribution in [0.5, 0.6) is 0 Å². The van der Waals surface area contributed by atoms with Crippen LogP contribution in [0.3, 0.4) is 0 Å². The second-order valence-corrected chi connectivity index (χ2v) is 1.22. The maximum absolute atomic E-state index is 10.2. The van der Waals surface area contributed by atoms with E-state index in [4.69, 9.17) is 5.73 Å². The number of hydrogen-bond acceptors (Lipinski definition) is 3. The minimum absolute atomic E-state index is 0. The molecule has 0 aliphatic carbocycles. The Balaban J connectivity index is 0.000000640. The first kappa shape index (κ1) is 8.17. The third-order valence-corrected chi connectivity index (χ3v) is 0.667. The second kappa shape index (κ2) is 3.24. The molecule has 47 valence electrons. The van der Waals surface area contributed by atoms with Crippen LogP contribution in [0.15, 0.2) is 6.20 Å². The topological polar surface area (TPSA) is 84.7 Å². The SMILES string of the molecule is NC(=O)c1cn[nH]n1.[As]. The van der Waals surface area contributed by atoms with Crippen molar-refractivity contribution in [2.45, 2.75) is 0 Å². The Morgan fingerprint density at radius 1 is 1.78 bits per heavy atom. The molecule has 5 nitrogen and oxygen atoms in total. The summed E-state index contributed by atoms with van der Waals surface area (Å²) in [6, 6.07) is 0. The molecule has 0 atom stereocenters. The van der Waals surface area contributed by atoms with E-state index in [1.807, 2.05) is 0 Å². The number of nitrogens with zero attached hydrogens (tertiary/aromatic N) is 2. The van der Waals surface area contributed by atoms with Gasteiger partial charge in [0.2, 0.25) is 0 Å². The average molecular weight is 187 g/mol. The quantitative estimate of drug-likeness (QED) is 0.526. The molecule has 0 fully saturated rings. The van der Waals surface area contributed by atoms with Crippen molar-refractivity contribution in [1.29, 1.82) is 0 Å². The molecule has 1 aromatic heterocycles. The summed E-state index contributed by atoms with van der Waals surface area (Å²) >= 11 is 0. The fourth-order valence-corrected chi connectivity index (χ4v) is 0.320. The Kier molecular flexibility index (Phi) is 2.94. The minimum atomic E-state index is -0.571. The van der Waals surface area contributed by atoms with Gasteiger partial charge in [-0.05, 0) is 0 Å². The minimum Gasteiger partial charge on any atom is -0.364 e. The fraction of sp³-hybridized carbons (Fsp3) is 0. The van der Waals surface area contributed by atoms with Crippen molar-refractivity contribution in [2.75, 3.05) is 0 Å². The number of aromatic amines is 1. The molecule has 0 aliphatic rings. The Morgan fingerprint density at radius 2 is 2.44 bits per heavy atom. The summed E-state index contributed by atoms with van der Waals surface area (Å²) in [6.45, 7) is 0. The van der Waals surface area contributed by atoms with Gasteiger partial charge in [-0.2, -0.15) is 15.4 Å². The van der Waals surface area contributed by atoms with E-state index in [1.165, 1.54) is 6.20 Å². The van der Waals surface area contributed by atoms with E-state index in [1.54, 1.807) is 0 Å². The van der Waals surface area contributed by atoms with E-state index in [-0.39, 0.29) is 23.6 Å². The molecule has 1 amide bonds. The van der Waals surface area contributed by atoms with Crippen molar-refractivity contribution in [3.05, 3.63) is 11.9 Å². The van der Waals surface area contributed by atoms with Crippen LogP contribution in [-0.2, 0) is 0 Å². The van der Waals surface area contributed by atoms with Crippen molar-refractivity contribution in [1.82, 2.24) is 15.4 Å². The van der Waals surface area contributed by atoms with Gasteiger partial charge in [0.05, 0.1) is 6.20 Å². The molecule has 3 N–H and O–H groups in total. The number of hydrogen-bond donors (Lipinski definition) is 2. The first-order chi connectivity index (χ1) is 3.80. The monoisotopic (exact) mass is 187 g/mol. The summed E-state index contributed by atoms with van der Waals surface area (Å²) in [5.41, 5.74) is 4.95. The van der Waals surface area contributed by atoms with Gasteiger partial charge < -0.3 is 5.73 Å². The molecule has 9 heavy (non-hydrogen) atoms. The van der Waals surface area contributed by atoms with E-state index in [0.29, 0.717) is 0 Å². The van der Waals surface area contributed by atoms with E-state index >= 15 is 0 Å². The third kappa shape index (κ3) is 1.85. The Labute approximate surface area is 62.3 Å². The number of carbonyl (C=O) groups excluding carboxylic acids is 1. The Morgan fingerprint density at radius 3 is 2.67 bits per heavy atom. The number of H-pyrrole nitrogens is 1. The van der Waals surface area contributed by atoms with Gasteiger partial charge in [-0.15, -0.1) is 0 Å². The van der Waals surface area contributed by atoms with Gasteiger partial charge in [-0.1, -0.05) is 0 Å². The molecular formula is C3H4AsN4O. The molecule has 0 spiro atoms. The van der Waals surface area contributed by atoms with Crippen LogP contribution in [0.25, 0.3) is 0 Å². The number of rotatable bonds is 1. The first-order valence-corrected chi connectivity index (χ1v) is 1.96. The molecule has 0 saturated heterocycles. The van der Waals surface area contributed by atoms with Crippen LogP contribution >= 0.6 is 0 Å². The molecule has 1 rings (SSSR count). The predicted octanol–water partition coefficient (Wildman–Crippen LogP) is -1.48. The van der Waals surface area contributed by atoms with Crippen LogP contribution in [-0.4, -0.2) is 39.3 Å². The molecule has 1 aromatic rings. The van der Waals surface area contributed by atoms with Crippen LogP contribution in [0.2, 0.25) is 0 Å². The van der Waals surface area contributed by atoms with Crippen molar-refractivity contribution in [2.24, 2.45) is 5.73 Å². The summed E-state index contributed by atoms with van der Waals surface area (Å²) < 4.78 is 0. The van der Waals surface area contributed by atoms with Gasteiger partial charge in [-0.3, -0.25) is 4.79 Å². The normalized spacial score (nSPS) is 8.00. The number of aromatic nitrogens is 3. The first-order valence-electron chi connectivity index (χ1n) is 1.96. The largest absolute Gasteiger partial charge is 0.364 e. The molecule has 0 bridgehead atoms. The van der Waals surface area contributed by atoms with Crippen LogP contribution in [0.1, 0.15) is 10.5 Å². The summed E-state index contributed by atoms with van der Waals surface area (Å²) in [6.07, 6.45) is 1.27. The Bertz CT molecular complexity index is 184. The average Bonchev–Trinajstić information content (AvgIpc) is 2.12. The molecule has 0 aromatic carbocycles. The van der Waals surface area contributed by atoms with Crippen molar-refractivity contribution >= 4 is 23.9 Å². The summed E-state index contributed by atoms with van der Waals surface area (Å²) in [5.74, 6) is -0.571. The summed E-state index contributed by atoms with van der Waals surface area (Å²) in [5, 5.41) is 9.02. The van der Waals surface area contributed by atoms with Crippen LogP contribution in [0, 0.1) is 0 Å². The molecular weight excluding hydrogens is 183 g/mol. The zero-order valence-corrected chi connectivity index (χ0v) is 6.28. The van der Waals surface area contributed by atoms with Crippen molar-refractivity contribution in [3.8, 4) is 0 Å². The van der Waals surface area contributed by atoms with E-state index in [9.17, 15) is 4.79 Å². The van der Waals surface area contributed by atoms with Gasteiger partial charge in [0.25, 0.3) is 5.91 Å². The number of nitrogens with one attached hydrogen (secondary N) is 1. The molecule has 3 radical (unpaired) electrons. The molecule has 6 heteroatoms. The maximum Gasteiger partial charge on any atom is 0.270 e. The zero-order chi connectivity index (χ0) is 5.98. The standard InChI is InChI=1S/C3H4N4O.As/c4-3(8)2-1-5-7-6-2;/h1H,(H2,4,8)(H,5,6,7);. The molecule has 1 heterocycles. The smallest absolute Gasteiger partial charge is 0.270 e. The number of carbonyl (C=O) groups is 1. The zero-order valence-electron chi connectivity index (χ0n) is 4.40. The van der Waals surface area contributed by atoms with Gasteiger partial charge in [0.15, 0.2) is 5.69 Å². The summed E-state index contributed by atoms with van der Waals surface area (Å²) in [7, 11) is 0. The Hall–Kier alpha value is -0.832. The van der Waals surface area contributed by atoms with Gasteiger partial charge in [0.1, 0.15) is 0 Å². The molecule has 0 saturated carbocycles. The predicted molar refractivity (Wildman–Crippen MR) is 30.7 cm³/mol. The van der Waals surface area contributed by atoms with Gasteiger partial charge in [-0.25, -0.2) is 0 Å². The van der Waals surface area contributed by atoms with Gasteiger partial charge >= 0.3 is 0 Å². The van der Waals surface area contributed by atoms with Crippen LogP contribution < -0.4 is 5.73 Å².